The molecule has 0 atom stereocenters. The van der Waals surface area contributed by atoms with Gasteiger partial charge in [-0.25, -0.2) is 4.79 Å². The molecule has 0 aliphatic carbocycles. The predicted octanol–water partition coefficient (Wildman–Crippen LogP) is 6.53. The standard InChI is InChI=1S/C24H15BrClIN2O4/c25-18-10-15(9-17(12-28)23(30)29-21-4-2-1-3-19(21)26)11-20(27)22(18)33-13-14-5-7-16(8-6-14)24(31)32/h1-11H,13H2,(H,29,30)(H,31,32)/b17-9+. The number of aromatic carboxylic acids is 1. The maximum Gasteiger partial charge on any atom is 0.335 e. The molecule has 166 valence electrons. The number of hydrogen-bond acceptors (Lipinski definition) is 4. The highest BCUT2D eigenvalue weighted by molar-refractivity contribution is 14.1. The second-order valence-corrected chi connectivity index (χ2v) is 9.13. The number of halogens is 3. The van der Waals surface area contributed by atoms with Crippen molar-refractivity contribution in [1.82, 2.24) is 0 Å². The molecule has 0 bridgehead atoms. The van der Waals surface area contributed by atoms with Gasteiger partial charge in [0.25, 0.3) is 5.91 Å². The smallest absolute Gasteiger partial charge is 0.335 e. The van der Waals surface area contributed by atoms with Crippen LogP contribution < -0.4 is 10.1 Å². The summed E-state index contributed by atoms with van der Waals surface area (Å²) in [5, 5.41) is 21.5. The van der Waals surface area contributed by atoms with E-state index < -0.39 is 11.9 Å². The van der Waals surface area contributed by atoms with Crippen molar-refractivity contribution in [2.75, 3.05) is 5.32 Å². The van der Waals surface area contributed by atoms with Gasteiger partial charge < -0.3 is 15.2 Å². The molecule has 0 aromatic heterocycles. The van der Waals surface area contributed by atoms with Crippen molar-refractivity contribution in [3.05, 3.63) is 96.0 Å². The minimum Gasteiger partial charge on any atom is -0.487 e. The molecule has 3 aromatic rings. The zero-order chi connectivity index (χ0) is 24.0. The molecule has 6 nitrogen and oxygen atoms in total. The number of hydrogen-bond donors (Lipinski definition) is 2. The fourth-order valence-electron chi connectivity index (χ4n) is 2.77. The molecule has 9 heteroatoms. The molecule has 0 saturated carbocycles. The lowest BCUT2D eigenvalue weighted by Crippen LogP contribution is -2.13. The highest BCUT2D eigenvalue weighted by Crippen LogP contribution is 2.33. The molecule has 0 aliphatic rings. The first kappa shape index (κ1) is 24.8. The molecule has 1 amide bonds. The largest absolute Gasteiger partial charge is 0.487 e. The lowest BCUT2D eigenvalue weighted by molar-refractivity contribution is -0.112. The number of para-hydroxylation sites is 1. The number of carboxylic acids is 1. The molecular formula is C24H15BrClIN2O4. The van der Waals surface area contributed by atoms with E-state index in [-0.39, 0.29) is 17.7 Å². The van der Waals surface area contributed by atoms with E-state index in [1.54, 1.807) is 48.5 Å². The second kappa shape index (κ2) is 11.3. The van der Waals surface area contributed by atoms with Gasteiger partial charge in [-0.2, -0.15) is 5.26 Å². The van der Waals surface area contributed by atoms with Gasteiger partial charge in [-0.3, -0.25) is 4.79 Å². The van der Waals surface area contributed by atoms with Gasteiger partial charge in [0, 0.05) is 0 Å². The number of amides is 1. The van der Waals surface area contributed by atoms with E-state index in [4.69, 9.17) is 21.4 Å². The van der Waals surface area contributed by atoms with Crippen LogP contribution in [0.1, 0.15) is 21.5 Å². The molecule has 3 aromatic carbocycles. The van der Waals surface area contributed by atoms with Gasteiger partial charge in [-0.15, -0.1) is 0 Å². The molecule has 0 unspecified atom stereocenters. The van der Waals surface area contributed by atoms with E-state index in [0.717, 1.165) is 9.13 Å². The summed E-state index contributed by atoms with van der Waals surface area (Å²) in [7, 11) is 0. The number of rotatable bonds is 7. The van der Waals surface area contributed by atoms with Crippen LogP contribution in [0.25, 0.3) is 6.08 Å². The highest BCUT2D eigenvalue weighted by atomic mass is 127. The van der Waals surface area contributed by atoms with E-state index in [1.807, 2.05) is 6.07 Å². The van der Waals surface area contributed by atoms with Gasteiger partial charge in [0.2, 0.25) is 0 Å². The van der Waals surface area contributed by atoms with E-state index >= 15 is 0 Å². The number of anilines is 1. The van der Waals surface area contributed by atoms with E-state index in [1.165, 1.54) is 18.2 Å². The van der Waals surface area contributed by atoms with Crippen molar-refractivity contribution in [3.63, 3.8) is 0 Å². The second-order valence-electron chi connectivity index (χ2n) is 6.71. The van der Waals surface area contributed by atoms with Crippen LogP contribution >= 0.6 is 50.1 Å². The number of ether oxygens (including phenoxy) is 1. The molecule has 0 radical (unpaired) electrons. The normalized spacial score (nSPS) is 10.9. The summed E-state index contributed by atoms with van der Waals surface area (Å²) >= 11 is 11.6. The van der Waals surface area contributed by atoms with E-state index in [2.05, 4.69) is 43.8 Å². The minimum atomic E-state index is -0.985. The lowest BCUT2D eigenvalue weighted by Gasteiger charge is -2.12. The summed E-state index contributed by atoms with van der Waals surface area (Å²) in [5.74, 6) is -0.961. The lowest BCUT2D eigenvalue weighted by atomic mass is 10.1. The van der Waals surface area contributed by atoms with Crippen LogP contribution in [-0.2, 0) is 11.4 Å². The molecule has 0 spiro atoms. The van der Waals surface area contributed by atoms with Gasteiger partial charge in [-0.05, 0) is 92.1 Å². The maximum atomic E-state index is 12.5. The van der Waals surface area contributed by atoms with Crippen LogP contribution in [0.2, 0.25) is 5.02 Å². The van der Waals surface area contributed by atoms with Crippen molar-refractivity contribution in [2.24, 2.45) is 0 Å². The Morgan fingerprint density at radius 3 is 2.48 bits per heavy atom. The molecular weight excluding hydrogens is 623 g/mol. The van der Waals surface area contributed by atoms with Crippen molar-refractivity contribution >= 4 is 73.8 Å². The number of carbonyl (C=O) groups excluding carboxylic acids is 1. The molecule has 0 heterocycles. The fraction of sp³-hybridized carbons (Fsp3) is 0.0417. The van der Waals surface area contributed by atoms with Crippen LogP contribution in [0, 0.1) is 14.9 Å². The third kappa shape index (κ3) is 6.57. The SMILES string of the molecule is N#C/C(=C\c1cc(Br)c(OCc2ccc(C(=O)O)cc2)c(I)c1)C(=O)Nc1ccccc1Cl. The number of nitrogens with one attached hydrogen (secondary N) is 1. The number of nitrogens with zero attached hydrogens (tertiary/aromatic N) is 1. The van der Waals surface area contributed by atoms with Crippen molar-refractivity contribution in [2.45, 2.75) is 6.61 Å². The topological polar surface area (TPSA) is 99.4 Å². The third-order valence-corrected chi connectivity index (χ3v) is 6.12. The molecule has 2 N–H and O–H groups in total. The van der Waals surface area contributed by atoms with Gasteiger partial charge in [0.1, 0.15) is 24.0 Å². The third-order valence-electron chi connectivity index (χ3n) is 4.40. The maximum absolute atomic E-state index is 12.5. The Labute approximate surface area is 217 Å². The van der Waals surface area contributed by atoms with Gasteiger partial charge in [0.15, 0.2) is 0 Å². The van der Waals surface area contributed by atoms with Crippen molar-refractivity contribution in [3.8, 4) is 11.8 Å². The minimum absolute atomic E-state index is 0.0789. The number of carboxylic acid groups (broad SMARTS) is 1. The first-order valence-electron chi connectivity index (χ1n) is 9.40. The fourth-order valence-corrected chi connectivity index (χ4v) is 4.72. The zero-order valence-corrected chi connectivity index (χ0v) is 21.3. The monoisotopic (exact) mass is 636 g/mol. The van der Waals surface area contributed by atoms with Crippen molar-refractivity contribution in [1.29, 1.82) is 5.26 Å². The van der Waals surface area contributed by atoms with E-state index in [0.29, 0.717) is 26.5 Å². The van der Waals surface area contributed by atoms with Gasteiger partial charge >= 0.3 is 5.97 Å². The summed E-state index contributed by atoms with van der Waals surface area (Å²) < 4.78 is 7.31. The first-order chi connectivity index (χ1) is 15.8. The average Bonchev–Trinajstić information content (AvgIpc) is 2.78. The Bertz CT molecular complexity index is 1260. The average molecular weight is 638 g/mol. The summed E-state index contributed by atoms with van der Waals surface area (Å²) in [6.07, 6.45) is 1.48. The predicted molar refractivity (Wildman–Crippen MR) is 138 cm³/mol. The van der Waals surface area contributed by atoms with Crippen LogP contribution in [0.15, 0.2) is 70.7 Å². The van der Waals surface area contributed by atoms with Crippen LogP contribution in [0.5, 0.6) is 5.75 Å². The Hall–Kier alpha value is -2.87. The van der Waals surface area contributed by atoms with Gasteiger partial charge in [0.05, 0.1) is 24.3 Å². The van der Waals surface area contributed by atoms with Crippen molar-refractivity contribution < 1.29 is 19.4 Å². The number of nitriles is 1. The molecule has 3 rings (SSSR count). The quantitative estimate of drug-likeness (QED) is 0.174. The van der Waals surface area contributed by atoms with Crippen LogP contribution in [0.4, 0.5) is 5.69 Å². The highest BCUT2D eigenvalue weighted by Gasteiger charge is 2.14. The molecule has 0 fully saturated rings. The first-order valence-corrected chi connectivity index (χ1v) is 11.6. The molecule has 0 saturated heterocycles. The Balaban J connectivity index is 1.75. The summed E-state index contributed by atoms with van der Waals surface area (Å²) in [6, 6.07) is 18.6. The summed E-state index contributed by atoms with van der Waals surface area (Å²) in [5.41, 5.74) is 1.99. The number of benzene rings is 3. The van der Waals surface area contributed by atoms with Gasteiger partial charge in [-0.1, -0.05) is 35.9 Å². The zero-order valence-electron chi connectivity index (χ0n) is 16.8. The van der Waals surface area contributed by atoms with Crippen LogP contribution in [0.3, 0.4) is 0 Å². The summed E-state index contributed by atoms with van der Waals surface area (Å²) in [6.45, 7) is 0.243. The Morgan fingerprint density at radius 1 is 1.18 bits per heavy atom. The number of carbonyl (C=O) groups is 2. The molecule has 33 heavy (non-hydrogen) atoms. The molecule has 0 aliphatic heterocycles. The van der Waals surface area contributed by atoms with Crippen LogP contribution in [-0.4, -0.2) is 17.0 Å². The van der Waals surface area contributed by atoms with E-state index in [9.17, 15) is 14.9 Å². The summed E-state index contributed by atoms with van der Waals surface area (Å²) in [4.78, 5) is 23.5. The Kier molecular flexibility index (Phi) is 8.49. The Morgan fingerprint density at radius 2 is 1.88 bits per heavy atom.